The number of hydrogen-bond donors (Lipinski definition) is 3. The zero-order chi connectivity index (χ0) is 17.3. The van der Waals surface area contributed by atoms with Crippen molar-refractivity contribution >= 4 is 41.5 Å². The molecule has 0 fully saturated rings. The van der Waals surface area contributed by atoms with E-state index in [4.69, 9.17) is 0 Å². The SMILES string of the molecule is CN=C(NCCN(C)c1ccccc1)NCC(=O)NC(C)(C)C.I. The first-order valence-electron chi connectivity index (χ1n) is 7.83. The number of halogens is 1. The van der Waals surface area contributed by atoms with Crippen LogP contribution >= 0.6 is 24.0 Å². The fraction of sp³-hybridized carbons (Fsp3) is 0.529. The van der Waals surface area contributed by atoms with Gasteiger partial charge in [0.15, 0.2) is 5.96 Å². The van der Waals surface area contributed by atoms with Gasteiger partial charge in [-0.1, -0.05) is 18.2 Å². The molecular weight excluding hydrogens is 417 g/mol. The van der Waals surface area contributed by atoms with Crippen LogP contribution in [0.25, 0.3) is 0 Å². The van der Waals surface area contributed by atoms with Crippen LogP contribution in [0, 0.1) is 0 Å². The zero-order valence-electron chi connectivity index (χ0n) is 15.2. The van der Waals surface area contributed by atoms with Crippen molar-refractivity contribution in [3.63, 3.8) is 0 Å². The lowest BCUT2D eigenvalue weighted by Gasteiger charge is -2.22. The third-order valence-electron chi connectivity index (χ3n) is 3.09. The van der Waals surface area contributed by atoms with Crippen molar-refractivity contribution in [1.82, 2.24) is 16.0 Å². The predicted octanol–water partition coefficient (Wildman–Crippen LogP) is 1.82. The molecule has 3 N–H and O–H groups in total. The Hall–Kier alpha value is -1.51. The van der Waals surface area contributed by atoms with E-state index in [1.807, 2.05) is 46.0 Å². The van der Waals surface area contributed by atoms with E-state index in [1.54, 1.807) is 7.05 Å². The Morgan fingerprint density at radius 2 is 1.79 bits per heavy atom. The van der Waals surface area contributed by atoms with Crippen molar-refractivity contribution in [1.29, 1.82) is 0 Å². The first-order valence-corrected chi connectivity index (χ1v) is 7.83. The van der Waals surface area contributed by atoms with Crippen LogP contribution in [0.3, 0.4) is 0 Å². The Morgan fingerprint density at radius 3 is 2.33 bits per heavy atom. The molecule has 0 bridgehead atoms. The van der Waals surface area contributed by atoms with Gasteiger partial charge in [0.05, 0.1) is 6.54 Å². The van der Waals surface area contributed by atoms with Gasteiger partial charge in [-0.3, -0.25) is 9.79 Å². The van der Waals surface area contributed by atoms with Gasteiger partial charge in [0.1, 0.15) is 0 Å². The summed E-state index contributed by atoms with van der Waals surface area (Å²) in [5.74, 6) is 0.567. The van der Waals surface area contributed by atoms with Gasteiger partial charge in [-0.05, 0) is 32.9 Å². The van der Waals surface area contributed by atoms with Crippen LogP contribution in [-0.2, 0) is 4.79 Å². The molecular formula is C17H30IN5O. The maximum atomic E-state index is 11.8. The smallest absolute Gasteiger partial charge is 0.239 e. The number of rotatable bonds is 6. The van der Waals surface area contributed by atoms with Crippen molar-refractivity contribution in [3.8, 4) is 0 Å². The van der Waals surface area contributed by atoms with Gasteiger partial charge in [-0.15, -0.1) is 24.0 Å². The van der Waals surface area contributed by atoms with Gasteiger partial charge in [0.25, 0.3) is 0 Å². The molecule has 1 amide bonds. The summed E-state index contributed by atoms with van der Waals surface area (Å²) in [5.41, 5.74) is 0.940. The average molecular weight is 447 g/mol. The standard InChI is InChI=1S/C17H29N5O.HI/c1-17(2,3)21-15(23)13-20-16(18-4)19-11-12-22(5)14-9-7-6-8-10-14;/h6-10H,11-13H2,1-5H3,(H,21,23)(H2,18,19,20);1H. The molecule has 0 spiro atoms. The summed E-state index contributed by atoms with van der Waals surface area (Å²) in [6.07, 6.45) is 0. The predicted molar refractivity (Wildman–Crippen MR) is 112 cm³/mol. The fourth-order valence-electron chi connectivity index (χ4n) is 2.00. The number of nitrogens with one attached hydrogen (secondary N) is 3. The van der Waals surface area contributed by atoms with Gasteiger partial charge in [-0.2, -0.15) is 0 Å². The molecule has 0 aliphatic heterocycles. The van der Waals surface area contributed by atoms with E-state index in [0.29, 0.717) is 5.96 Å². The lowest BCUT2D eigenvalue weighted by atomic mass is 10.1. The van der Waals surface area contributed by atoms with Crippen LogP contribution in [0.4, 0.5) is 5.69 Å². The summed E-state index contributed by atoms with van der Waals surface area (Å²) in [7, 11) is 3.74. The number of aliphatic imine (C=N–C) groups is 1. The number of amides is 1. The van der Waals surface area contributed by atoms with E-state index >= 15 is 0 Å². The van der Waals surface area contributed by atoms with Crippen molar-refractivity contribution < 1.29 is 4.79 Å². The molecule has 0 saturated heterocycles. The highest BCUT2D eigenvalue weighted by atomic mass is 127. The number of hydrogen-bond acceptors (Lipinski definition) is 3. The second kappa shape index (κ2) is 11.1. The van der Waals surface area contributed by atoms with E-state index < -0.39 is 0 Å². The first-order chi connectivity index (χ1) is 10.8. The monoisotopic (exact) mass is 447 g/mol. The average Bonchev–Trinajstić information content (AvgIpc) is 2.49. The minimum absolute atomic E-state index is 0. The molecule has 24 heavy (non-hydrogen) atoms. The summed E-state index contributed by atoms with van der Waals surface area (Å²) in [4.78, 5) is 18.1. The topological polar surface area (TPSA) is 68.8 Å². The number of benzene rings is 1. The third-order valence-corrected chi connectivity index (χ3v) is 3.09. The summed E-state index contributed by atoms with van der Waals surface area (Å²) < 4.78 is 0. The number of carbonyl (C=O) groups is 1. The summed E-state index contributed by atoms with van der Waals surface area (Å²) in [6, 6.07) is 10.2. The van der Waals surface area contributed by atoms with Crippen LogP contribution in [0.1, 0.15) is 20.8 Å². The van der Waals surface area contributed by atoms with Gasteiger partial charge in [0, 0.05) is 38.4 Å². The Labute approximate surface area is 162 Å². The molecule has 7 heteroatoms. The molecule has 6 nitrogen and oxygen atoms in total. The Morgan fingerprint density at radius 1 is 1.17 bits per heavy atom. The number of likely N-dealkylation sites (N-methyl/N-ethyl adjacent to an activating group) is 1. The lowest BCUT2D eigenvalue weighted by Crippen LogP contribution is -2.48. The van der Waals surface area contributed by atoms with E-state index in [2.05, 4.69) is 38.0 Å². The Kier molecular flexibility index (Phi) is 10.4. The van der Waals surface area contributed by atoms with Crippen molar-refractivity contribution in [3.05, 3.63) is 30.3 Å². The number of para-hydroxylation sites is 1. The number of anilines is 1. The summed E-state index contributed by atoms with van der Waals surface area (Å²) >= 11 is 0. The van der Waals surface area contributed by atoms with Crippen LogP contribution in [-0.4, -0.2) is 51.1 Å². The van der Waals surface area contributed by atoms with Crippen LogP contribution in [0.2, 0.25) is 0 Å². The van der Waals surface area contributed by atoms with Crippen molar-refractivity contribution in [2.24, 2.45) is 4.99 Å². The van der Waals surface area contributed by atoms with Gasteiger partial charge < -0.3 is 20.9 Å². The number of guanidine groups is 1. The molecule has 1 aromatic carbocycles. The molecule has 0 aliphatic rings. The lowest BCUT2D eigenvalue weighted by molar-refractivity contribution is -0.121. The van der Waals surface area contributed by atoms with Gasteiger partial charge in [0.2, 0.25) is 5.91 Å². The van der Waals surface area contributed by atoms with Crippen molar-refractivity contribution in [2.75, 3.05) is 38.6 Å². The highest BCUT2D eigenvalue weighted by molar-refractivity contribution is 14.0. The molecule has 0 saturated carbocycles. The van der Waals surface area contributed by atoms with Crippen LogP contribution in [0.15, 0.2) is 35.3 Å². The number of nitrogens with zero attached hydrogens (tertiary/aromatic N) is 2. The molecule has 1 rings (SSSR count). The summed E-state index contributed by atoms with van der Waals surface area (Å²) in [5, 5.41) is 9.12. The summed E-state index contributed by atoms with van der Waals surface area (Å²) in [6.45, 7) is 7.63. The van der Waals surface area contributed by atoms with E-state index in [0.717, 1.165) is 13.1 Å². The normalized spacial score (nSPS) is 11.3. The quantitative estimate of drug-likeness (QED) is 0.354. The molecule has 0 unspecified atom stereocenters. The van der Waals surface area contributed by atoms with E-state index in [1.165, 1.54) is 5.69 Å². The molecule has 136 valence electrons. The fourth-order valence-corrected chi connectivity index (χ4v) is 2.00. The van der Waals surface area contributed by atoms with E-state index in [-0.39, 0.29) is 42.0 Å². The first kappa shape index (κ1) is 22.5. The second-order valence-corrected chi connectivity index (χ2v) is 6.41. The molecule has 0 aromatic heterocycles. The largest absolute Gasteiger partial charge is 0.373 e. The molecule has 1 aromatic rings. The second-order valence-electron chi connectivity index (χ2n) is 6.41. The molecule has 0 radical (unpaired) electrons. The number of carbonyl (C=O) groups excluding carboxylic acids is 1. The zero-order valence-corrected chi connectivity index (χ0v) is 17.5. The van der Waals surface area contributed by atoms with Crippen LogP contribution < -0.4 is 20.9 Å². The maximum absolute atomic E-state index is 11.8. The van der Waals surface area contributed by atoms with Crippen LogP contribution in [0.5, 0.6) is 0 Å². The highest BCUT2D eigenvalue weighted by Gasteiger charge is 2.13. The maximum Gasteiger partial charge on any atom is 0.239 e. The van der Waals surface area contributed by atoms with Crippen molar-refractivity contribution in [2.45, 2.75) is 26.3 Å². The minimum atomic E-state index is -0.228. The highest BCUT2D eigenvalue weighted by Crippen LogP contribution is 2.09. The molecule has 0 heterocycles. The minimum Gasteiger partial charge on any atom is -0.373 e. The van der Waals surface area contributed by atoms with Gasteiger partial charge in [-0.25, -0.2) is 0 Å². The van der Waals surface area contributed by atoms with Gasteiger partial charge >= 0.3 is 0 Å². The third kappa shape index (κ3) is 9.59. The molecule has 0 atom stereocenters. The Bertz CT molecular complexity index is 513. The van der Waals surface area contributed by atoms with E-state index in [9.17, 15) is 4.79 Å². The molecule has 0 aliphatic carbocycles. The Balaban J connectivity index is 0.00000529.